The first kappa shape index (κ1) is 51.4. The summed E-state index contributed by atoms with van der Waals surface area (Å²) in [5.41, 5.74) is 7.28. The van der Waals surface area contributed by atoms with Crippen molar-refractivity contribution in [3.8, 4) is 22.3 Å². The molecule has 4 aliphatic rings. The van der Waals surface area contributed by atoms with Gasteiger partial charge in [-0.1, -0.05) is 185 Å². The number of benzene rings is 4. The summed E-state index contributed by atoms with van der Waals surface area (Å²) in [4.78, 5) is 0. The molecule has 61 heavy (non-hydrogen) atoms. The van der Waals surface area contributed by atoms with Gasteiger partial charge in [-0.2, -0.15) is 0 Å². The first-order valence-corrected chi connectivity index (χ1v) is 34.6. The molecule has 0 spiro atoms. The Hall–Kier alpha value is -2.26. The van der Waals surface area contributed by atoms with Crippen LogP contribution in [-0.2, 0) is 23.3 Å². The molecule has 2 fully saturated rings. The van der Waals surface area contributed by atoms with Crippen LogP contribution in [0.25, 0.3) is 46.6 Å². The molecule has 4 aromatic rings. The number of rotatable bonds is 8. The number of alkyl halides is 3. The minimum Gasteiger partial charge on any atom is -1.00 e. The Kier molecular flexibility index (Phi) is 19.0. The monoisotopic (exact) mass is 986 g/mol. The van der Waals surface area contributed by atoms with Crippen molar-refractivity contribution in [1.29, 1.82) is 0 Å². The zero-order valence-electron chi connectivity index (χ0n) is 37.0. The second-order valence-corrected chi connectivity index (χ2v) is 37.5. The standard InChI is InChI=1S/2C24H27Si.C4H7F3Si.2ClH.Zr/c2*1-25(2,3)22-13-11-20(12-14-22)23-10-6-9-21-16-19(17-24(21)23)15-18-7-4-5-8-18;1-8-3-2-4(5,6)7;;;/h2*6,9-15,17-18H,4-5,7-8H2,1-3H3;2-3H2,1H3;2*1H;/q2*-1;;;;+2/p-2. The van der Waals surface area contributed by atoms with E-state index in [-0.39, 0.29) is 24.8 Å². The predicted octanol–water partition coefficient (Wildman–Crippen LogP) is 5.05. The summed E-state index contributed by atoms with van der Waals surface area (Å²) in [6.07, 6.45) is 23.2. The average molecular weight is 989 g/mol. The van der Waals surface area contributed by atoms with Gasteiger partial charge in [0, 0.05) is 0 Å². The summed E-state index contributed by atoms with van der Waals surface area (Å²) < 4.78 is 34.3. The molecule has 8 rings (SSSR count). The van der Waals surface area contributed by atoms with E-state index in [1.807, 2.05) is 6.55 Å². The van der Waals surface area contributed by atoms with E-state index >= 15 is 0 Å². The van der Waals surface area contributed by atoms with Crippen LogP contribution in [-0.4, -0.2) is 27.8 Å². The molecule has 0 amide bonds. The molecule has 0 aromatic heterocycles. The van der Waals surface area contributed by atoms with Gasteiger partial charge in [0.2, 0.25) is 0 Å². The molecule has 0 bridgehead atoms. The van der Waals surface area contributed by atoms with Gasteiger partial charge in [0.1, 0.15) is 0 Å². The molecule has 0 aliphatic heterocycles. The van der Waals surface area contributed by atoms with Crippen LogP contribution in [0.2, 0.25) is 51.9 Å². The summed E-state index contributed by atoms with van der Waals surface area (Å²) >= 11 is 1.29. The molecule has 0 atom stereocenters. The maximum Gasteiger partial charge on any atom is 0.0775 e. The minimum atomic E-state index is -3.93. The Labute approximate surface area is 393 Å². The molecule has 2 saturated carbocycles. The van der Waals surface area contributed by atoms with Crippen LogP contribution in [0.5, 0.6) is 0 Å². The van der Waals surface area contributed by atoms with Crippen molar-refractivity contribution >= 4 is 56.3 Å². The van der Waals surface area contributed by atoms with E-state index < -0.39 is 34.2 Å². The zero-order chi connectivity index (χ0) is 42.4. The Bertz CT molecular complexity index is 2270. The Balaban J connectivity index is 0.000000219. The van der Waals surface area contributed by atoms with Crippen molar-refractivity contribution in [3.05, 3.63) is 129 Å². The Morgan fingerprint density at radius 3 is 1.26 bits per heavy atom. The maximum atomic E-state index is 11.4. The van der Waals surface area contributed by atoms with E-state index in [9.17, 15) is 13.2 Å². The molecule has 0 radical (unpaired) electrons. The number of hydrogen-bond acceptors (Lipinski definition) is 0. The van der Waals surface area contributed by atoms with E-state index in [1.54, 1.807) is 0 Å². The molecular weight excluding hydrogens is 928 g/mol. The normalized spacial score (nSPS) is 17.2. The van der Waals surface area contributed by atoms with Crippen molar-refractivity contribution in [1.82, 2.24) is 0 Å². The first-order chi connectivity index (χ1) is 27.9. The van der Waals surface area contributed by atoms with Gasteiger partial charge in [0.25, 0.3) is 0 Å². The molecule has 4 aliphatic carbocycles. The molecule has 0 N–H and O–H groups in total. The number of allylic oxidation sites excluding steroid dienone is 4. The fourth-order valence-electron chi connectivity index (χ4n) is 8.42. The number of hydrogen-bond donors (Lipinski definition) is 0. The molecule has 0 unspecified atom stereocenters. The fourth-order valence-corrected chi connectivity index (χ4v) is 12.3. The van der Waals surface area contributed by atoms with Gasteiger partial charge < -0.3 is 24.8 Å². The van der Waals surface area contributed by atoms with E-state index in [4.69, 9.17) is 0 Å². The Morgan fingerprint density at radius 1 is 0.607 bits per heavy atom. The van der Waals surface area contributed by atoms with Crippen molar-refractivity contribution in [2.75, 3.05) is 0 Å². The predicted molar refractivity (Wildman–Crippen MR) is 251 cm³/mol. The van der Waals surface area contributed by atoms with Crippen LogP contribution >= 0.6 is 0 Å². The van der Waals surface area contributed by atoms with Crippen molar-refractivity contribution in [2.24, 2.45) is 11.8 Å². The average Bonchev–Trinajstić information content (AvgIpc) is 4.02. The SMILES string of the molecule is C[Si](=[Zr+2])CCC(F)(F)F.C[Si](C)(C)c1ccc(-c2cccc3c2=CC(=CC2CCCC2)[C-]=3)cc1.C[Si](C)(C)c1ccc(-c2cccc3c2=CC(=CC2CCCC2)[C-]=3)cc1.[Cl-].[Cl-]. The quantitative estimate of drug-likeness (QED) is 0.172. The first-order valence-electron chi connectivity index (χ1n) is 21.7. The van der Waals surface area contributed by atoms with Gasteiger partial charge >= 0.3 is 67.1 Å². The second kappa shape index (κ2) is 22.6. The number of halogens is 5. The third kappa shape index (κ3) is 14.9. The van der Waals surface area contributed by atoms with Crippen LogP contribution < -0.4 is 56.1 Å². The van der Waals surface area contributed by atoms with Crippen molar-refractivity contribution < 1.29 is 61.3 Å². The maximum absolute atomic E-state index is 11.4. The molecule has 4 aromatic carbocycles. The van der Waals surface area contributed by atoms with Crippen LogP contribution in [0.3, 0.4) is 0 Å². The van der Waals surface area contributed by atoms with Gasteiger partial charge in [-0.05, 0) is 23.0 Å². The molecular formula is C52H61Cl2F3Si3Zr-2. The molecule has 9 heteroatoms. The third-order valence-corrected chi connectivity index (χ3v) is 18.9. The summed E-state index contributed by atoms with van der Waals surface area (Å²) in [6.45, 7) is 16.3. The summed E-state index contributed by atoms with van der Waals surface area (Å²) in [7, 11) is -2.48. The van der Waals surface area contributed by atoms with Gasteiger partial charge in [0.05, 0.1) is 16.1 Å². The van der Waals surface area contributed by atoms with Gasteiger partial charge in [-0.15, -0.1) is 80.6 Å². The van der Waals surface area contributed by atoms with Gasteiger partial charge in [-0.25, -0.2) is 0 Å². The zero-order valence-corrected chi connectivity index (χ0v) is 44.0. The van der Waals surface area contributed by atoms with E-state index in [2.05, 4.69) is 161 Å². The van der Waals surface area contributed by atoms with E-state index in [1.165, 1.54) is 139 Å². The molecule has 0 heterocycles. The molecule has 0 saturated heterocycles. The van der Waals surface area contributed by atoms with Crippen LogP contribution in [0.15, 0.2) is 108 Å². The largest absolute Gasteiger partial charge is 1.00 e. The Morgan fingerprint density at radius 2 is 0.967 bits per heavy atom. The van der Waals surface area contributed by atoms with E-state index in [0.717, 1.165) is 11.8 Å². The molecule has 322 valence electrons. The minimum absolute atomic E-state index is 0. The third-order valence-electron chi connectivity index (χ3n) is 11.9. The van der Waals surface area contributed by atoms with Crippen LogP contribution in [0.1, 0.15) is 57.8 Å². The van der Waals surface area contributed by atoms with Gasteiger partial charge in [0.15, 0.2) is 0 Å². The van der Waals surface area contributed by atoms with Gasteiger partial charge in [-0.3, -0.25) is 0 Å². The second-order valence-electron chi connectivity index (χ2n) is 19.0. The van der Waals surface area contributed by atoms with Crippen LogP contribution in [0, 0.1) is 11.8 Å². The molecule has 0 nitrogen and oxygen atoms in total. The van der Waals surface area contributed by atoms with Crippen LogP contribution in [0.4, 0.5) is 13.2 Å². The number of fused-ring (bicyclic) bond motifs is 2. The topological polar surface area (TPSA) is 0 Å². The van der Waals surface area contributed by atoms with E-state index in [0.29, 0.717) is 6.04 Å². The van der Waals surface area contributed by atoms with Crippen molar-refractivity contribution in [3.63, 3.8) is 0 Å². The summed E-state index contributed by atoms with van der Waals surface area (Å²) in [6, 6.07) is 32.1. The summed E-state index contributed by atoms with van der Waals surface area (Å²) in [5, 5.41) is 8.22. The van der Waals surface area contributed by atoms with Crippen molar-refractivity contribution in [2.45, 2.75) is 116 Å². The smallest absolute Gasteiger partial charge is 0.0775 e. The summed E-state index contributed by atoms with van der Waals surface area (Å²) in [5.74, 6) is 1.51. The fraction of sp³-hybridized carbons (Fsp3) is 0.385.